The van der Waals surface area contributed by atoms with Crippen LogP contribution in [0.1, 0.15) is 12.6 Å². The van der Waals surface area contributed by atoms with E-state index in [4.69, 9.17) is 20.3 Å². The van der Waals surface area contributed by atoms with E-state index < -0.39 is 38.6 Å². The fourth-order valence-electron chi connectivity index (χ4n) is 1.87. The van der Waals surface area contributed by atoms with E-state index >= 15 is 0 Å². The number of phosphoric acid groups is 1. The van der Waals surface area contributed by atoms with Crippen LogP contribution in [0.2, 0.25) is 0 Å². The fraction of sp³-hybridized carbons (Fsp3) is 0.556. The highest BCUT2D eigenvalue weighted by atomic mass is 79.9. The minimum Gasteiger partial charge on any atom is -0.390 e. The molecule has 12 heteroatoms. The molecule has 0 unspecified atom stereocenters. The van der Waals surface area contributed by atoms with Gasteiger partial charge in [0.15, 0.2) is 0 Å². The minimum atomic E-state index is -4.66. The van der Waals surface area contributed by atoms with Crippen molar-refractivity contribution < 1.29 is 28.7 Å². The van der Waals surface area contributed by atoms with E-state index in [1.54, 1.807) is 0 Å². The number of phosphoric ester groups is 1. The van der Waals surface area contributed by atoms with Gasteiger partial charge in [-0.2, -0.15) is 4.98 Å². The van der Waals surface area contributed by atoms with Crippen molar-refractivity contribution in [3.8, 4) is 0 Å². The summed E-state index contributed by atoms with van der Waals surface area (Å²) in [7, 11) is -4.66. The number of aromatic nitrogens is 2. The number of nitrogens with zero attached hydrogens (tertiary/aromatic N) is 2. The number of aliphatic hydroxyl groups excluding tert-OH is 1. The molecular weight excluding hydrogens is 373 g/mol. The van der Waals surface area contributed by atoms with Crippen molar-refractivity contribution in [2.45, 2.75) is 24.9 Å². The van der Waals surface area contributed by atoms with E-state index in [0.29, 0.717) is 4.47 Å². The quantitative estimate of drug-likeness (QED) is 0.494. The number of nitrogens with two attached hydrogens (primary N) is 1. The largest absolute Gasteiger partial charge is 0.469 e. The molecule has 21 heavy (non-hydrogen) atoms. The Morgan fingerprint density at radius 1 is 1.62 bits per heavy atom. The number of hydrogen-bond acceptors (Lipinski definition) is 7. The van der Waals surface area contributed by atoms with Crippen LogP contribution in [-0.4, -0.2) is 43.3 Å². The Morgan fingerprint density at radius 3 is 2.90 bits per heavy atom. The summed E-state index contributed by atoms with van der Waals surface area (Å²) < 4.78 is 21.8. The Morgan fingerprint density at radius 2 is 2.29 bits per heavy atom. The number of halogens is 1. The summed E-state index contributed by atoms with van der Waals surface area (Å²) in [4.78, 5) is 32.6. The van der Waals surface area contributed by atoms with Gasteiger partial charge in [0, 0.05) is 12.6 Å². The second-order valence-corrected chi connectivity index (χ2v) is 6.48. The fourth-order valence-corrected chi connectivity index (χ4v) is 2.52. The van der Waals surface area contributed by atoms with Crippen molar-refractivity contribution >= 4 is 29.6 Å². The molecule has 10 nitrogen and oxygen atoms in total. The van der Waals surface area contributed by atoms with Crippen LogP contribution < -0.4 is 11.4 Å². The zero-order valence-electron chi connectivity index (χ0n) is 10.5. The third-order valence-corrected chi connectivity index (χ3v) is 3.95. The van der Waals surface area contributed by atoms with Crippen molar-refractivity contribution in [2.75, 3.05) is 12.3 Å². The summed E-state index contributed by atoms with van der Waals surface area (Å²) in [6.07, 6.45) is -1.42. The van der Waals surface area contributed by atoms with Crippen LogP contribution in [0.3, 0.4) is 0 Å². The average molecular weight is 386 g/mol. The predicted octanol–water partition coefficient (Wildman–Crippen LogP) is -0.654. The predicted molar refractivity (Wildman–Crippen MR) is 73.1 cm³/mol. The molecule has 0 radical (unpaired) electrons. The summed E-state index contributed by atoms with van der Waals surface area (Å²) in [5.41, 5.74) is 4.81. The van der Waals surface area contributed by atoms with Gasteiger partial charge < -0.3 is 25.4 Å². The SMILES string of the molecule is Nc1nc(=O)n([C@H]2C[C@H](O)[C@@H](COP(=O)(O)O)O2)cc1Br. The molecule has 0 saturated carbocycles. The number of ether oxygens (including phenoxy) is 1. The van der Waals surface area contributed by atoms with Gasteiger partial charge in [0.1, 0.15) is 18.1 Å². The Bertz CT molecular complexity index is 632. The minimum absolute atomic E-state index is 0.0242. The van der Waals surface area contributed by atoms with Crippen LogP contribution in [-0.2, 0) is 13.8 Å². The first-order valence-electron chi connectivity index (χ1n) is 5.75. The lowest BCUT2D eigenvalue weighted by Crippen LogP contribution is -2.28. The van der Waals surface area contributed by atoms with Gasteiger partial charge >= 0.3 is 13.5 Å². The van der Waals surface area contributed by atoms with Crippen LogP contribution in [0.15, 0.2) is 15.5 Å². The third kappa shape index (κ3) is 4.10. The highest BCUT2D eigenvalue weighted by molar-refractivity contribution is 9.10. The monoisotopic (exact) mass is 385 g/mol. The van der Waals surface area contributed by atoms with Crippen LogP contribution >= 0.6 is 23.8 Å². The molecule has 0 aromatic carbocycles. The summed E-state index contributed by atoms with van der Waals surface area (Å²) in [5.74, 6) is 0.0242. The molecule has 1 aliphatic heterocycles. The molecule has 0 aliphatic carbocycles. The number of aliphatic hydroxyl groups is 1. The lowest BCUT2D eigenvalue weighted by molar-refractivity contribution is -0.0450. The van der Waals surface area contributed by atoms with E-state index in [2.05, 4.69) is 25.4 Å². The second kappa shape index (κ2) is 6.13. The molecule has 0 amide bonds. The first-order chi connectivity index (χ1) is 9.67. The molecule has 1 aromatic heterocycles. The lowest BCUT2D eigenvalue weighted by atomic mass is 10.2. The molecule has 1 fully saturated rings. The average Bonchev–Trinajstić information content (AvgIpc) is 2.72. The molecule has 1 aromatic rings. The molecule has 2 rings (SSSR count). The maximum atomic E-state index is 11.7. The normalized spacial score (nSPS) is 26.2. The Labute approximate surface area is 126 Å². The second-order valence-electron chi connectivity index (χ2n) is 4.38. The summed E-state index contributed by atoms with van der Waals surface area (Å²) in [6, 6.07) is 0. The van der Waals surface area contributed by atoms with Crippen molar-refractivity contribution in [3.63, 3.8) is 0 Å². The van der Waals surface area contributed by atoms with Crippen LogP contribution in [0.5, 0.6) is 0 Å². The van der Waals surface area contributed by atoms with Gasteiger partial charge in [-0.25, -0.2) is 9.36 Å². The maximum Gasteiger partial charge on any atom is 0.469 e. The number of hydrogen-bond donors (Lipinski definition) is 4. The van der Waals surface area contributed by atoms with Gasteiger partial charge in [0.25, 0.3) is 0 Å². The molecule has 3 atom stereocenters. The van der Waals surface area contributed by atoms with Crippen LogP contribution in [0.4, 0.5) is 5.82 Å². The molecule has 1 saturated heterocycles. The highest BCUT2D eigenvalue weighted by Crippen LogP contribution is 2.38. The number of anilines is 1. The highest BCUT2D eigenvalue weighted by Gasteiger charge is 2.37. The van der Waals surface area contributed by atoms with Gasteiger partial charge in [-0.15, -0.1) is 0 Å². The maximum absolute atomic E-state index is 11.7. The zero-order chi connectivity index (χ0) is 15.8. The smallest absolute Gasteiger partial charge is 0.390 e. The van der Waals surface area contributed by atoms with Crippen LogP contribution in [0.25, 0.3) is 0 Å². The van der Waals surface area contributed by atoms with Gasteiger partial charge in [-0.05, 0) is 15.9 Å². The summed E-state index contributed by atoms with van der Waals surface area (Å²) in [5, 5.41) is 9.80. The van der Waals surface area contributed by atoms with E-state index in [1.165, 1.54) is 6.20 Å². The molecule has 0 spiro atoms. The first kappa shape index (κ1) is 16.6. The van der Waals surface area contributed by atoms with Crippen molar-refractivity contribution in [2.24, 2.45) is 0 Å². The van der Waals surface area contributed by atoms with Gasteiger partial charge in [-0.3, -0.25) is 9.09 Å². The van der Waals surface area contributed by atoms with Crippen molar-refractivity contribution in [1.29, 1.82) is 0 Å². The lowest BCUT2D eigenvalue weighted by Gasteiger charge is -2.16. The Kier molecular flexibility index (Phi) is 4.83. The Balaban J connectivity index is 2.12. The van der Waals surface area contributed by atoms with Gasteiger partial charge in [-0.1, -0.05) is 0 Å². The molecule has 1 aliphatic rings. The molecular formula is C9H13BrN3O7P. The van der Waals surface area contributed by atoms with Gasteiger partial charge in [0.2, 0.25) is 0 Å². The Hall–Kier alpha value is -0.810. The van der Waals surface area contributed by atoms with E-state index in [0.717, 1.165) is 4.57 Å². The summed E-state index contributed by atoms with van der Waals surface area (Å²) >= 11 is 3.12. The standard InChI is InChI=1S/C9H13BrN3O7P/c10-4-2-13(9(15)12-8(4)11)7-1-5(14)6(20-7)3-19-21(16,17)18/h2,5-7,14H,1,3H2,(H2,11,12,15)(H2,16,17,18)/t5-,6+,7+/m0/s1. The van der Waals surface area contributed by atoms with Crippen LogP contribution in [0, 0.1) is 0 Å². The number of nitrogen functional groups attached to an aromatic ring is 1. The van der Waals surface area contributed by atoms with Crippen molar-refractivity contribution in [1.82, 2.24) is 9.55 Å². The third-order valence-electron chi connectivity index (χ3n) is 2.86. The number of rotatable bonds is 4. The molecule has 0 bridgehead atoms. The van der Waals surface area contributed by atoms with Gasteiger partial charge in [0.05, 0.1) is 17.2 Å². The molecule has 118 valence electrons. The molecule has 5 N–H and O–H groups in total. The van der Waals surface area contributed by atoms with E-state index in [1.807, 2.05) is 0 Å². The zero-order valence-corrected chi connectivity index (χ0v) is 13.0. The topological polar surface area (TPSA) is 157 Å². The summed E-state index contributed by atoms with van der Waals surface area (Å²) in [6.45, 7) is -0.500. The first-order valence-corrected chi connectivity index (χ1v) is 8.07. The van der Waals surface area contributed by atoms with E-state index in [9.17, 15) is 14.5 Å². The molecule has 2 heterocycles. The van der Waals surface area contributed by atoms with Crippen molar-refractivity contribution in [3.05, 3.63) is 21.2 Å². The van der Waals surface area contributed by atoms with E-state index in [-0.39, 0.29) is 12.2 Å².